The molecular weight excluding hydrogens is 203 g/mol. The van der Waals surface area contributed by atoms with Crippen molar-refractivity contribution in [2.45, 2.75) is 25.0 Å². The summed E-state index contributed by atoms with van der Waals surface area (Å²) in [6, 6.07) is 0. The fourth-order valence-corrected chi connectivity index (χ4v) is 2.60. The van der Waals surface area contributed by atoms with Crippen molar-refractivity contribution in [2.75, 3.05) is 26.2 Å². The zero-order valence-electron chi connectivity index (χ0n) is 8.07. The Bertz CT molecular complexity index is 183. The Hall–Kier alpha value is -0.0600. The Kier molecular flexibility index (Phi) is 3.84. The summed E-state index contributed by atoms with van der Waals surface area (Å²) < 4.78 is 21.9. The molecule has 80 valence electrons. The molecule has 2 rings (SSSR count). The van der Waals surface area contributed by atoms with Crippen molar-refractivity contribution < 1.29 is 13.6 Å². The molecule has 0 saturated carbocycles. The van der Waals surface area contributed by atoms with E-state index in [1.54, 1.807) is 0 Å². The van der Waals surface area contributed by atoms with Crippen LogP contribution in [0, 0.1) is 0 Å². The van der Waals surface area contributed by atoms with Crippen LogP contribution in [0.1, 0.15) is 12.8 Å². The van der Waals surface area contributed by atoms with Crippen LogP contribution < -0.4 is 10.6 Å². The minimum absolute atomic E-state index is 0.0629. The largest absolute Gasteiger partial charge is 0.698 e. The molecular formula is C8H16N2O3P+. The molecule has 0 spiro atoms. The van der Waals surface area contributed by atoms with E-state index in [0.717, 1.165) is 39.0 Å². The molecule has 0 radical (unpaired) electrons. The van der Waals surface area contributed by atoms with Crippen LogP contribution in [-0.2, 0) is 13.6 Å². The molecule has 0 bridgehead atoms. The molecule has 5 nitrogen and oxygen atoms in total. The fourth-order valence-electron chi connectivity index (χ4n) is 1.70. The van der Waals surface area contributed by atoms with Gasteiger partial charge in [0.2, 0.25) is 0 Å². The normalized spacial score (nSPS) is 33.6. The van der Waals surface area contributed by atoms with Gasteiger partial charge in [0, 0.05) is 17.7 Å². The number of rotatable bonds is 4. The van der Waals surface area contributed by atoms with E-state index in [4.69, 9.17) is 9.05 Å². The van der Waals surface area contributed by atoms with Crippen molar-refractivity contribution in [3.63, 3.8) is 0 Å². The third-order valence-corrected chi connectivity index (χ3v) is 3.44. The molecule has 0 amide bonds. The molecule has 2 heterocycles. The smallest absolute Gasteiger partial charge is 0.314 e. The highest BCUT2D eigenvalue weighted by molar-refractivity contribution is 7.33. The van der Waals surface area contributed by atoms with E-state index in [1.807, 2.05) is 0 Å². The summed E-state index contributed by atoms with van der Waals surface area (Å²) in [6.45, 7) is 3.46. The van der Waals surface area contributed by atoms with E-state index in [9.17, 15) is 4.57 Å². The van der Waals surface area contributed by atoms with Gasteiger partial charge >= 0.3 is 8.25 Å². The Morgan fingerprint density at radius 1 is 1.00 bits per heavy atom. The summed E-state index contributed by atoms with van der Waals surface area (Å²) in [7, 11) is -1.93. The van der Waals surface area contributed by atoms with Crippen molar-refractivity contribution in [1.82, 2.24) is 10.6 Å². The van der Waals surface area contributed by atoms with Crippen LogP contribution >= 0.6 is 8.25 Å². The molecule has 14 heavy (non-hydrogen) atoms. The van der Waals surface area contributed by atoms with Crippen molar-refractivity contribution in [1.29, 1.82) is 0 Å². The number of nitrogens with one attached hydrogen (secondary N) is 2. The quantitative estimate of drug-likeness (QED) is 0.670. The topological polar surface area (TPSA) is 59.6 Å². The van der Waals surface area contributed by atoms with Crippen LogP contribution in [0.2, 0.25) is 0 Å². The average molecular weight is 219 g/mol. The highest BCUT2D eigenvalue weighted by Crippen LogP contribution is 2.31. The van der Waals surface area contributed by atoms with Crippen LogP contribution in [0.4, 0.5) is 0 Å². The zero-order chi connectivity index (χ0) is 9.80. The minimum atomic E-state index is -1.93. The first-order valence-corrected chi connectivity index (χ1v) is 6.16. The van der Waals surface area contributed by atoms with E-state index in [0.29, 0.717) is 0 Å². The van der Waals surface area contributed by atoms with Gasteiger partial charge in [-0.3, -0.25) is 0 Å². The summed E-state index contributed by atoms with van der Waals surface area (Å²) in [4.78, 5) is 0. The molecule has 2 aliphatic rings. The van der Waals surface area contributed by atoms with E-state index in [-0.39, 0.29) is 12.2 Å². The van der Waals surface area contributed by atoms with Crippen molar-refractivity contribution in [3.05, 3.63) is 0 Å². The van der Waals surface area contributed by atoms with Gasteiger partial charge in [-0.15, -0.1) is 9.05 Å². The highest BCUT2D eigenvalue weighted by atomic mass is 31.1. The van der Waals surface area contributed by atoms with Gasteiger partial charge in [0.25, 0.3) is 0 Å². The first-order chi connectivity index (χ1) is 6.84. The lowest BCUT2D eigenvalue weighted by molar-refractivity contribution is 0.145. The molecule has 0 aromatic carbocycles. The summed E-state index contributed by atoms with van der Waals surface area (Å²) in [5.41, 5.74) is 0. The molecule has 2 saturated heterocycles. The maximum Gasteiger partial charge on any atom is 0.698 e. The van der Waals surface area contributed by atoms with Gasteiger partial charge in [-0.1, -0.05) is 0 Å². The lowest BCUT2D eigenvalue weighted by atomic mass is 10.3. The molecule has 2 atom stereocenters. The van der Waals surface area contributed by atoms with Gasteiger partial charge in [0.1, 0.15) is 12.2 Å². The summed E-state index contributed by atoms with van der Waals surface area (Å²) in [6.07, 6.45) is 1.97. The Balaban J connectivity index is 1.66. The second kappa shape index (κ2) is 5.14. The van der Waals surface area contributed by atoms with Crippen molar-refractivity contribution >= 4 is 8.25 Å². The molecule has 6 heteroatoms. The second-order valence-electron chi connectivity index (χ2n) is 3.66. The van der Waals surface area contributed by atoms with E-state index in [1.165, 1.54) is 0 Å². The predicted octanol–water partition coefficient (Wildman–Crippen LogP) is 0.401. The molecule has 2 fully saturated rings. The SMILES string of the molecule is O=[P+](OC1CCNC1)OC1CCNC1. The fraction of sp³-hybridized carbons (Fsp3) is 1.00. The van der Waals surface area contributed by atoms with Gasteiger partial charge in [-0.05, 0) is 25.9 Å². The molecule has 0 aromatic heterocycles. The average Bonchev–Trinajstić information content (AvgIpc) is 2.76. The maximum atomic E-state index is 11.4. The van der Waals surface area contributed by atoms with E-state index in [2.05, 4.69) is 10.6 Å². The second-order valence-corrected chi connectivity index (χ2v) is 4.53. The third-order valence-electron chi connectivity index (χ3n) is 2.50. The summed E-state index contributed by atoms with van der Waals surface area (Å²) >= 11 is 0. The Morgan fingerprint density at radius 3 is 1.86 bits per heavy atom. The van der Waals surface area contributed by atoms with Crippen LogP contribution in [-0.4, -0.2) is 38.4 Å². The summed E-state index contributed by atoms with van der Waals surface area (Å²) in [5.74, 6) is 0. The molecule has 0 aliphatic carbocycles. The molecule has 2 N–H and O–H groups in total. The van der Waals surface area contributed by atoms with Crippen molar-refractivity contribution in [3.8, 4) is 0 Å². The van der Waals surface area contributed by atoms with E-state index >= 15 is 0 Å². The zero-order valence-corrected chi connectivity index (χ0v) is 8.96. The van der Waals surface area contributed by atoms with Gasteiger partial charge in [0.05, 0.1) is 0 Å². The molecule has 2 aliphatic heterocycles. The lowest BCUT2D eigenvalue weighted by Crippen LogP contribution is -2.17. The van der Waals surface area contributed by atoms with Crippen LogP contribution in [0.25, 0.3) is 0 Å². The van der Waals surface area contributed by atoms with Crippen molar-refractivity contribution in [2.24, 2.45) is 0 Å². The third kappa shape index (κ3) is 2.97. The first kappa shape index (κ1) is 10.5. The van der Waals surface area contributed by atoms with Crippen LogP contribution in [0.15, 0.2) is 0 Å². The van der Waals surface area contributed by atoms with E-state index < -0.39 is 8.25 Å². The standard InChI is InChI=1S/C8H16N2O3P/c11-14(12-7-1-3-9-5-7)13-8-2-4-10-6-8/h7-10H,1-6H2/q+1. The van der Waals surface area contributed by atoms with Gasteiger partial charge in [-0.2, -0.15) is 0 Å². The Labute approximate surface area is 84.5 Å². The number of hydrogen-bond acceptors (Lipinski definition) is 5. The minimum Gasteiger partial charge on any atom is -0.314 e. The maximum absolute atomic E-state index is 11.4. The highest BCUT2D eigenvalue weighted by Gasteiger charge is 2.33. The van der Waals surface area contributed by atoms with Gasteiger partial charge in [-0.25, -0.2) is 0 Å². The molecule has 0 aromatic rings. The number of hydrogen-bond donors (Lipinski definition) is 2. The van der Waals surface area contributed by atoms with Crippen LogP contribution in [0.3, 0.4) is 0 Å². The first-order valence-electron chi connectivity index (χ1n) is 5.07. The molecule has 2 unspecified atom stereocenters. The Morgan fingerprint density at radius 2 is 1.50 bits per heavy atom. The summed E-state index contributed by atoms with van der Waals surface area (Å²) in [5, 5.41) is 6.30. The monoisotopic (exact) mass is 219 g/mol. The van der Waals surface area contributed by atoms with Gasteiger partial charge < -0.3 is 10.6 Å². The van der Waals surface area contributed by atoms with Gasteiger partial charge in [0.15, 0.2) is 0 Å². The van der Waals surface area contributed by atoms with Crippen LogP contribution in [0.5, 0.6) is 0 Å². The predicted molar refractivity (Wildman–Crippen MR) is 52.3 cm³/mol. The lowest BCUT2D eigenvalue weighted by Gasteiger charge is -2.00.